The number of halogens is 1. The molecule has 0 amide bonds. The van der Waals surface area contributed by atoms with Crippen molar-refractivity contribution in [2.75, 3.05) is 5.32 Å². The first kappa shape index (κ1) is 17.8. The van der Waals surface area contributed by atoms with E-state index in [4.69, 9.17) is 22.9 Å². The lowest BCUT2D eigenvalue weighted by Gasteiger charge is -2.12. The average Bonchev–Trinajstić information content (AvgIpc) is 2.99. The first-order valence-corrected chi connectivity index (χ1v) is 8.48. The van der Waals surface area contributed by atoms with Crippen molar-refractivity contribution >= 4 is 28.9 Å². The Balaban J connectivity index is 1.98. The standard InChI is InChI=1S/C19H18ClN5O/c1-11(2)26-14-7-5-13(6-8-14)15-10-16(23-19(20)18(15)21-4)22-17-9-12(3)24-25-17/h5-11H,1-3H3,(H2,22,23,24,25). The lowest BCUT2D eigenvalue weighted by Crippen LogP contribution is -2.05. The van der Waals surface area contributed by atoms with Gasteiger partial charge in [0.1, 0.15) is 16.7 Å². The van der Waals surface area contributed by atoms with Crippen molar-refractivity contribution in [2.24, 2.45) is 0 Å². The molecule has 2 N–H and O–H groups in total. The zero-order chi connectivity index (χ0) is 18.7. The maximum absolute atomic E-state index is 7.44. The van der Waals surface area contributed by atoms with Crippen molar-refractivity contribution < 1.29 is 4.74 Å². The average molecular weight is 368 g/mol. The predicted octanol–water partition coefficient (Wildman–Crippen LogP) is 5.52. The van der Waals surface area contributed by atoms with Crippen LogP contribution < -0.4 is 10.1 Å². The second-order valence-electron chi connectivity index (χ2n) is 6.06. The van der Waals surface area contributed by atoms with Crippen LogP contribution in [0.4, 0.5) is 17.3 Å². The number of rotatable bonds is 5. The molecule has 3 aromatic rings. The van der Waals surface area contributed by atoms with Gasteiger partial charge in [0.2, 0.25) is 5.69 Å². The molecule has 0 aliphatic rings. The van der Waals surface area contributed by atoms with E-state index in [0.717, 1.165) is 17.0 Å². The van der Waals surface area contributed by atoms with Gasteiger partial charge in [-0.3, -0.25) is 5.10 Å². The summed E-state index contributed by atoms with van der Waals surface area (Å²) in [6.07, 6.45) is 0.100. The molecular formula is C19H18ClN5O. The van der Waals surface area contributed by atoms with Gasteiger partial charge in [0, 0.05) is 11.8 Å². The molecule has 2 aromatic heterocycles. The van der Waals surface area contributed by atoms with E-state index in [-0.39, 0.29) is 11.3 Å². The number of benzene rings is 1. The van der Waals surface area contributed by atoms with Crippen molar-refractivity contribution in [1.82, 2.24) is 15.2 Å². The maximum atomic E-state index is 7.44. The highest BCUT2D eigenvalue weighted by Gasteiger charge is 2.14. The summed E-state index contributed by atoms with van der Waals surface area (Å²) in [6.45, 7) is 13.3. The van der Waals surface area contributed by atoms with Gasteiger partial charge in [0.05, 0.1) is 12.7 Å². The summed E-state index contributed by atoms with van der Waals surface area (Å²) in [5.74, 6) is 1.93. The van der Waals surface area contributed by atoms with Gasteiger partial charge in [0.25, 0.3) is 0 Å². The van der Waals surface area contributed by atoms with E-state index < -0.39 is 0 Å². The van der Waals surface area contributed by atoms with Crippen LogP contribution in [0, 0.1) is 13.5 Å². The van der Waals surface area contributed by atoms with Gasteiger partial charge in [-0.1, -0.05) is 23.7 Å². The number of aromatic nitrogens is 3. The molecule has 132 valence electrons. The van der Waals surface area contributed by atoms with Gasteiger partial charge in [-0.25, -0.2) is 9.83 Å². The summed E-state index contributed by atoms with van der Waals surface area (Å²) in [5.41, 5.74) is 2.80. The molecule has 0 radical (unpaired) electrons. The first-order valence-electron chi connectivity index (χ1n) is 8.10. The molecule has 0 saturated heterocycles. The molecule has 0 atom stereocenters. The van der Waals surface area contributed by atoms with Gasteiger partial charge in [-0.15, -0.1) is 0 Å². The summed E-state index contributed by atoms with van der Waals surface area (Å²) in [6, 6.07) is 11.2. The quantitative estimate of drug-likeness (QED) is 0.460. The largest absolute Gasteiger partial charge is 0.491 e. The van der Waals surface area contributed by atoms with Crippen molar-refractivity contribution in [3.8, 4) is 16.9 Å². The third-order valence-corrected chi connectivity index (χ3v) is 3.82. The molecule has 2 heterocycles. The Morgan fingerprint density at radius 2 is 1.92 bits per heavy atom. The van der Waals surface area contributed by atoms with Crippen molar-refractivity contribution in [3.63, 3.8) is 0 Å². The summed E-state index contributed by atoms with van der Waals surface area (Å²) < 4.78 is 5.67. The van der Waals surface area contributed by atoms with E-state index in [1.165, 1.54) is 0 Å². The van der Waals surface area contributed by atoms with Crippen LogP contribution in [0.5, 0.6) is 5.75 Å². The van der Waals surface area contributed by atoms with E-state index in [2.05, 4.69) is 25.3 Å². The molecule has 0 spiro atoms. The SMILES string of the molecule is [C-]#[N+]c1c(-c2ccc(OC(C)C)cc2)cc(Nc2cc(C)[nH]n2)nc1Cl. The Labute approximate surface area is 157 Å². The van der Waals surface area contributed by atoms with Crippen molar-refractivity contribution in [2.45, 2.75) is 26.9 Å². The minimum absolute atomic E-state index is 0.100. The summed E-state index contributed by atoms with van der Waals surface area (Å²) in [4.78, 5) is 7.80. The van der Waals surface area contributed by atoms with Crippen LogP contribution in [0.15, 0.2) is 36.4 Å². The van der Waals surface area contributed by atoms with E-state index in [1.807, 2.05) is 51.1 Å². The normalized spacial score (nSPS) is 10.6. The maximum Gasteiger partial charge on any atom is 0.231 e. The van der Waals surface area contributed by atoms with Gasteiger partial charge >= 0.3 is 0 Å². The van der Waals surface area contributed by atoms with E-state index in [0.29, 0.717) is 22.9 Å². The highest BCUT2D eigenvalue weighted by atomic mass is 35.5. The lowest BCUT2D eigenvalue weighted by molar-refractivity contribution is 0.242. The molecule has 0 aliphatic heterocycles. The number of aromatic amines is 1. The molecule has 0 bridgehead atoms. The fraction of sp³-hybridized carbons (Fsp3) is 0.211. The molecule has 7 heteroatoms. The molecule has 0 unspecified atom stereocenters. The number of H-pyrrole nitrogens is 1. The number of anilines is 2. The van der Waals surface area contributed by atoms with E-state index in [9.17, 15) is 0 Å². The fourth-order valence-electron chi connectivity index (χ4n) is 2.50. The second kappa shape index (κ2) is 7.46. The molecule has 26 heavy (non-hydrogen) atoms. The monoisotopic (exact) mass is 367 g/mol. The number of aryl methyl sites for hydroxylation is 1. The van der Waals surface area contributed by atoms with Crippen LogP contribution in [0.25, 0.3) is 16.0 Å². The predicted molar refractivity (Wildman–Crippen MR) is 103 cm³/mol. The van der Waals surface area contributed by atoms with Crippen molar-refractivity contribution in [3.05, 3.63) is 58.7 Å². The number of ether oxygens (including phenoxy) is 1. The van der Waals surface area contributed by atoms with Crippen LogP contribution in [-0.4, -0.2) is 21.3 Å². The Hall–Kier alpha value is -3.04. The highest BCUT2D eigenvalue weighted by Crippen LogP contribution is 2.38. The molecule has 0 saturated carbocycles. The van der Waals surface area contributed by atoms with Crippen LogP contribution >= 0.6 is 11.6 Å². The first-order chi connectivity index (χ1) is 12.5. The number of pyridine rings is 1. The van der Waals surface area contributed by atoms with Crippen LogP contribution in [0.3, 0.4) is 0 Å². The third kappa shape index (κ3) is 3.95. The Morgan fingerprint density at radius 3 is 2.50 bits per heavy atom. The molecule has 0 fully saturated rings. The van der Waals surface area contributed by atoms with Crippen LogP contribution in [-0.2, 0) is 0 Å². The van der Waals surface area contributed by atoms with E-state index in [1.54, 1.807) is 6.07 Å². The van der Waals surface area contributed by atoms with Crippen molar-refractivity contribution in [1.29, 1.82) is 0 Å². The second-order valence-corrected chi connectivity index (χ2v) is 6.42. The fourth-order valence-corrected chi connectivity index (χ4v) is 2.73. The summed E-state index contributed by atoms with van der Waals surface area (Å²) >= 11 is 6.24. The van der Waals surface area contributed by atoms with Gasteiger partial charge < -0.3 is 10.1 Å². The molecule has 6 nitrogen and oxygen atoms in total. The minimum Gasteiger partial charge on any atom is -0.491 e. The topological polar surface area (TPSA) is 67.2 Å². The van der Waals surface area contributed by atoms with Gasteiger partial charge in [-0.2, -0.15) is 5.10 Å². The zero-order valence-electron chi connectivity index (χ0n) is 14.7. The Morgan fingerprint density at radius 1 is 1.19 bits per heavy atom. The van der Waals surface area contributed by atoms with E-state index >= 15 is 0 Å². The Bertz CT molecular complexity index is 957. The number of hydrogen-bond acceptors (Lipinski definition) is 4. The third-order valence-electron chi connectivity index (χ3n) is 3.56. The summed E-state index contributed by atoms with van der Waals surface area (Å²) in [7, 11) is 0. The molecule has 3 rings (SSSR count). The zero-order valence-corrected chi connectivity index (χ0v) is 15.4. The molecule has 1 aromatic carbocycles. The molecule has 0 aliphatic carbocycles. The minimum atomic E-state index is 0.100. The number of nitrogens with one attached hydrogen (secondary N) is 2. The van der Waals surface area contributed by atoms with Crippen LogP contribution in [0.1, 0.15) is 19.5 Å². The Kier molecular flexibility index (Phi) is 5.10. The van der Waals surface area contributed by atoms with Gasteiger partial charge in [-0.05, 0) is 50.1 Å². The van der Waals surface area contributed by atoms with Crippen LogP contribution in [0.2, 0.25) is 5.15 Å². The lowest BCUT2D eigenvalue weighted by atomic mass is 10.0. The molecular weight excluding hydrogens is 350 g/mol. The highest BCUT2D eigenvalue weighted by molar-refractivity contribution is 6.33. The number of hydrogen-bond donors (Lipinski definition) is 2. The van der Waals surface area contributed by atoms with Gasteiger partial charge in [0.15, 0.2) is 5.82 Å². The number of nitrogens with zero attached hydrogens (tertiary/aromatic N) is 3. The smallest absolute Gasteiger partial charge is 0.231 e. The summed E-state index contributed by atoms with van der Waals surface area (Å²) in [5, 5.41) is 10.2.